The number of rotatable bonds is 4. The maximum atomic E-state index is 2.51. The van der Waals surface area contributed by atoms with Gasteiger partial charge in [0.2, 0.25) is 0 Å². The van der Waals surface area contributed by atoms with Crippen molar-refractivity contribution in [3.63, 3.8) is 0 Å². The van der Waals surface area contributed by atoms with E-state index in [0.717, 1.165) is 0 Å². The van der Waals surface area contributed by atoms with E-state index in [1.807, 2.05) is 0 Å². The highest BCUT2D eigenvalue weighted by molar-refractivity contribution is 7.83. The second-order valence-corrected chi connectivity index (χ2v) is 24.3. The first kappa shape index (κ1) is 33.1. The van der Waals surface area contributed by atoms with E-state index < -0.39 is 0 Å². The van der Waals surface area contributed by atoms with Gasteiger partial charge in [-0.3, -0.25) is 0 Å². The van der Waals surface area contributed by atoms with Gasteiger partial charge in [0, 0.05) is 16.8 Å². The lowest BCUT2D eigenvalue weighted by molar-refractivity contribution is 0.705. The topological polar surface area (TPSA) is 0 Å². The Labute approximate surface area is 182 Å². The lowest BCUT2D eigenvalue weighted by Gasteiger charge is -2.49. The van der Waals surface area contributed by atoms with Crippen molar-refractivity contribution in [1.82, 2.24) is 0 Å². The smallest absolute Gasteiger partial charge is 0 e. The second-order valence-electron chi connectivity index (χ2n) is 12.5. The minimum Gasteiger partial charge on any atom is -0.0923 e. The molecule has 6 radical (unpaired) electrons. The largest absolute Gasteiger partial charge is 0.0923 e. The van der Waals surface area contributed by atoms with E-state index in [1.165, 1.54) is 11.8 Å². The average molecular weight is 428 g/mol. The van der Waals surface area contributed by atoms with E-state index in [0.29, 0.717) is 25.8 Å². The predicted octanol–water partition coefficient (Wildman–Crippen LogP) is 8.58. The molecule has 0 N–H and O–H groups in total. The van der Waals surface area contributed by atoms with Crippen LogP contribution >= 0.6 is 23.8 Å². The predicted molar refractivity (Wildman–Crippen MR) is 141 cm³/mol. The van der Waals surface area contributed by atoms with Gasteiger partial charge in [0.25, 0.3) is 0 Å². The standard InChI is InChI=1S/C22H49P3.2B/c1-18(2,3)23(16-24(19(4,5)6)20(7,8)9)17-25(21(10,11)12)22(13,14)15;;/h16-17H2,1-15H3;;. The van der Waals surface area contributed by atoms with Gasteiger partial charge in [0.05, 0.1) is 0 Å². The molecule has 0 amide bonds. The molecule has 0 spiro atoms. The van der Waals surface area contributed by atoms with Crippen LogP contribution in [0.2, 0.25) is 0 Å². The van der Waals surface area contributed by atoms with E-state index in [-0.39, 0.29) is 40.6 Å². The molecule has 0 aromatic rings. The van der Waals surface area contributed by atoms with E-state index in [2.05, 4.69) is 104 Å². The summed E-state index contributed by atoms with van der Waals surface area (Å²) in [5.74, 6) is 2.96. The molecule has 0 fully saturated rings. The van der Waals surface area contributed by atoms with Gasteiger partial charge < -0.3 is 0 Å². The lowest BCUT2D eigenvalue weighted by atomic mass is 10.2. The Morgan fingerprint density at radius 3 is 0.667 bits per heavy atom. The summed E-state index contributed by atoms with van der Waals surface area (Å²) in [5.41, 5.74) is 0. The fraction of sp³-hybridized carbons (Fsp3) is 1.00. The summed E-state index contributed by atoms with van der Waals surface area (Å²) in [6.07, 6.45) is 0. The third-order valence-corrected chi connectivity index (χ3v) is 18.2. The van der Waals surface area contributed by atoms with Crippen LogP contribution in [0.3, 0.4) is 0 Å². The molecule has 0 rings (SSSR count). The fourth-order valence-electron chi connectivity index (χ4n) is 3.67. The molecule has 27 heavy (non-hydrogen) atoms. The van der Waals surface area contributed by atoms with Crippen molar-refractivity contribution in [1.29, 1.82) is 0 Å². The van der Waals surface area contributed by atoms with E-state index in [9.17, 15) is 0 Å². The minimum absolute atomic E-state index is 0. The van der Waals surface area contributed by atoms with Crippen LogP contribution in [0, 0.1) is 0 Å². The molecule has 0 aliphatic rings. The summed E-state index contributed by atoms with van der Waals surface area (Å²) in [7, 11) is 0.000995. The van der Waals surface area contributed by atoms with Crippen molar-refractivity contribution in [3.05, 3.63) is 0 Å². The van der Waals surface area contributed by atoms with Crippen LogP contribution < -0.4 is 0 Å². The van der Waals surface area contributed by atoms with Crippen LogP contribution in [0.4, 0.5) is 0 Å². The Morgan fingerprint density at radius 1 is 0.370 bits per heavy atom. The maximum absolute atomic E-state index is 2.51. The Kier molecular flexibility index (Phi) is 13.0. The quantitative estimate of drug-likeness (QED) is 0.311. The minimum atomic E-state index is -0.00953. The van der Waals surface area contributed by atoms with Gasteiger partial charge in [-0.25, -0.2) is 0 Å². The Bertz CT molecular complexity index is 353. The zero-order valence-electron chi connectivity index (χ0n) is 21.4. The molecule has 0 aliphatic heterocycles. The first-order chi connectivity index (χ1) is 10.6. The second kappa shape index (κ2) is 10.6. The van der Waals surface area contributed by atoms with Crippen LogP contribution in [-0.4, -0.2) is 54.4 Å². The molecule has 158 valence electrons. The van der Waals surface area contributed by atoms with Crippen LogP contribution in [-0.2, 0) is 0 Å². The normalized spacial score (nSPS) is 14.4. The molecule has 0 unspecified atom stereocenters. The van der Waals surface area contributed by atoms with E-state index >= 15 is 0 Å². The molecule has 0 bridgehead atoms. The van der Waals surface area contributed by atoms with Crippen LogP contribution in [0.1, 0.15) is 104 Å². The monoisotopic (exact) mass is 428 g/mol. The Morgan fingerprint density at radius 2 is 0.556 bits per heavy atom. The molecule has 0 atom stereocenters. The highest BCUT2D eigenvalue weighted by Crippen LogP contribution is 2.74. The third kappa shape index (κ3) is 11.4. The summed E-state index contributed by atoms with van der Waals surface area (Å²) in [6, 6.07) is 0. The molecule has 0 saturated carbocycles. The van der Waals surface area contributed by atoms with E-state index in [1.54, 1.807) is 0 Å². The molecule has 0 saturated heterocycles. The SMILES string of the molecule is CC(C)(C)P(CP(C(C)(C)C)C(C)(C)C)CP(C(C)(C)C)C(C)(C)C.[B].[B]. The fourth-order valence-corrected chi connectivity index (χ4v) is 21.8. The van der Waals surface area contributed by atoms with Crippen molar-refractivity contribution in [2.45, 2.75) is 130 Å². The van der Waals surface area contributed by atoms with Crippen molar-refractivity contribution in [3.8, 4) is 0 Å². The van der Waals surface area contributed by atoms with Gasteiger partial charge in [0.15, 0.2) is 0 Å². The summed E-state index contributed by atoms with van der Waals surface area (Å²) in [6.45, 7) is 37.3. The highest BCUT2D eigenvalue weighted by atomic mass is 31.2. The summed E-state index contributed by atoms with van der Waals surface area (Å²) >= 11 is 0. The average Bonchev–Trinajstić information content (AvgIpc) is 2.18. The zero-order chi connectivity index (χ0) is 20.6. The van der Waals surface area contributed by atoms with Crippen molar-refractivity contribution in [2.75, 3.05) is 11.8 Å². The zero-order valence-corrected chi connectivity index (χ0v) is 24.1. The molecular formula is C22H49B2P3. The maximum Gasteiger partial charge on any atom is 0 e. The highest BCUT2D eigenvalue weighted by Gasteiger charge is 2.42. The summed E-state index contributed by atoms with van der Waals surface area (Å²) in [4.78, 5) is 0. The van der Waals surface area contributed by atoms with Crippen LogP contribution in [0.25, 0.3) is 0 Å². The number of hydrogen-bond donors (Lipinski definition) is 0. The molecular weight excluding hydrogens is 379 g/mol. The summed E-state index contributed by atoms with van der Waals surface area (Å²) < 4.78 is 0. The molecule has 0 aromatic carbocycles. The van der Waals surface area contributed by atoms with Gasteiger partial charge in [-0.1, -0.05) is 128 Å². The summed E-state index contributed by atoms with van der Waals surface area (Å²) in [5, 5.41) is 2.19. The van der Waals surface area contributed by atoms with Gasteiger partial charge in [-0.05, 0) is 37.6 Å². The molecule has 5 heteroatoms. The lowest BCUT2D eigenvalue weighted by Crippen LogP contribution is -2.31. The molecule has 0 heterocycles. The van der Waals surface area contributed by atoms with Crippen molar-refractivity contribution < 1.29 is 0 Å². The van der Waals surface area contributed by atoms with Crippen LogP contribution in [0.5, 0.6) is 0 Å². The first-order valence-electron chi connectivity index (χ1n) is 9.88. The van der Waals surface area contributed by atoms with Gasteiger partial charge >= 0.3 is 0 Å². The van der Waals surface area contributed by atoms with Crippen molar-refractivity contribution >= 4 is 40.6 Å². The van der Waals surface area contributed by atoms with Gasteiger partial charge in [0.1, 0.15) is 0 Å². The van der Waals surface area contributed by atoms with Crippen LogP contribution in [0.15, 0.2) is 0 Å². The van der Waals surface area contributed by atoms with Gasteiger partial charge in [-0.2, -0.15) is 0 Å². The van der Waals surface area contributed by atoms with Gasteiger partial charge in [-0.15, -0.1) is 0 Å². The Balaban J connectivity index is -0.00000288. The first-order valence-corrected chi connectivity index (χ1v) is 14.6. The molecule has 0 nitrogen and oxygen atoms in total. The third-order valence-electron chi connectivity index (χ3n) is 4.81. The van der Waals surface area contributed by atoms with Crippen molar-refractivity contribution in [2.24, 2.45) is 0 Å². The Hall–Kier alpha value is 1.42. The van der Waals surface area contributed by atoms with E-state index in [4.69, 9.17) is 0 Å². The molecule has 0 aromatic heterocycles. The molecule has 0 aliphatic carbocycles. The number of hydrogen-bond acceptors (Lipinski definition) is 0.